The Kier molecular flexibility index (Phi) is 2.83. The molecule has 0 radical (unpaired) electrons. The monoisotopic (exact) mass is 226 g/mol. The van der Waals surface area contributed by atoms with Crippen LogP contribution < -0.4 is 5.32 Å². The molecule has 1 aliphatic rings. The fourth-order valence-electron chi connectivity index (χ4n) is 2.73. The average Bonchev–Trinajstić information content (AvgIpc) is 2.37. The Morgan fingerprint density at radius 1 is 1.06 bits per heavy atom. The second-order valence-corrected chi connectivity index (χ2v) is 4.75. The van der Waals surface area contributed by atoms with Gasteiger partial charge in [-0.25, -0.2) is 0 Å². The molecule has 0 unspecified atom stereocenters. The zero-order chi connectivity index (χ0) is 11.7. The molecule has 88 valence electrons. The van der Waals surface area contributed by atoms with Gasteiger partial charge in [-0.1, -0.05) is 36.4 Å². The molecular weight excluding hydrogens is 208 g/mol. The molecule has 2 heteroatoms. The lowest BCUT2D eigenvalue weighted by atomic mass is 9.95. The van der Waals surface area contributed by atoms with Crippen LogP contribution in [0.2, 0.25) is 0 Å². The highest BCUT2D eigenvalue weighted by Gasteiger charge is 2.17. The van der Waals surface area contributed by atoms with Crippen LogP contribution in [0, 0.1) is 0 Å². The fourth-order valence-corrected chi connectivity index (χ4v) is 2.73. The highest BCUT2D eigenvalue weighted by molar-refractivity contribution is 5.89. The summed E-state index contributed by atoms with van der Waals surface area (Å²) in [6.45, 7) is 4.32. The van der Waals surface area contributed by atoms with E-state index in [-0.39, 0.29) is 0 Å². The first-order valence-corrected chi connectivity index (χ1v) is 6.25. The molecule has 0 saturated carbocycles. The van der Waals surface area contributed by atoms with Crippen LogP contribution in [-0.4, -0.2) is 25.0 Å². The van der Waals surface area contributed by atoms with Crippen LogP contribution in [0.25, 0.3) is 10.8 Å². The normalized spacial score (nSPS) is 15.4. The molecule has 17 heavy (non-hydrogen) atoms. The third-order valence-electron chi connectivity index (χ3n) is 3.54. The van der Waals surface area contributed by atoms with Crippen molar-refractivity contribution in [1.82, 2.24) is 10.2 Å². The summed E-state index contributed by atoms with van der Waals surface area (Å²) in [4.78, 5) is 2.51. The molecule has 1 N–H and O–H groups in total. The van der Waals surface area contributed by atoms with E-state index in [1.54, 1.807) is 0 Å². The largest absolute Gasteiger partial charge is 0.318 e. The van der Waals surface area contributed by atoms with Gasteiger partial charge in [0, 0.05) is 26.2 Å². The van der Waals surface area contributed by atoms with Crippen molar-refractivity contribution in [3.8, 4) is 0 Å². The van der Waals surface area contributed by atoms with Gasteiger partial charge < -0.3 is 5.32 Å². The van der Waals surface area contributed by atoms with E-state index in [0.717, 1.165) is 26.2 Å². The van der Waals surface area contributed by atoms with Gasteiger partial charge in [-0.05, 0) is 28.9 Å². The second-order valence-electron chi connectivity index (χ2n) is 4.75. The lowest BCUT2D eigenvalue weighted by molar-refractivity contribution is 0.254. The first kappa shape index (κ1) is 10.8. The van der Waals surface area contributed by atoms with Crippen LogP contribution in [0.1, 0.15) is 11.1 Å². The van der Waals surface area contributed by atoms with Gasteiger partial charge in [-0.2, -0.15) is 0 Å². The van der Waals surface area contributed by atoms with E-state index >= 15 is 0 Å². The van der Waals surface area contributed by atoms with Crippen LogP contribution in [0.3, 0.4) is 0 Å². The van der Waals surface area contributed by atoms with Crippen molar-refractivity contribution in [2.45, 2.75) is 13.1 Å². The van der Waals surface area contributed by atoms with E-state index in [1.807, 2.05) is 7.05 Å². The minimum Gasteiger partial charge on any atom is -0.318 e. The van der Waals surface area contributed by atoms with Crippen LogP contribution >= 0.6 is 0 Å². The predicted molar refractivity (Wildman–Crippen MR) is 72.0 cm³/mol. The maximum atomic E-state index is 3.22. The first-order chi connectivity index (χ1) is 8.38. The lowest BCUT2D eigenvalue weighted by Crippen LogP contribution is -2.32. The minimum absolute atomic E-state index is 1.05. The number of likely N-dealkylation sites (N-methyl/N-ethyl adjacent to an activating group) is 1. The first-order valence-electron chi connectivity index (χ1n) is 6.25. The molecule has 1 heterocycles. The molecule has 2 aromatic carbocycles. The molecule has 0 amide bonds. The third-order valence-corrected chi connectivity index (χ3v) is 3.54. The van der Waals surface area contributed by atoms with Crippen LogP contribution in [0.4, 0.5) is 0 Å². The van der Waals surface area contributed by atoms with Gasteiger partial charge in [0.15, 0.2) is 0 Å². The summed E-state index contributed by atoms with van der Waals surface area (Å²) in [5, 5.41) is 6.09. The number of hydrogen-bond acceptors (Lipinski definition) is 2. The Morgan fingerprint density at radius 3 is 2.29 bits per heavy atom. The predicted octanol–water partition coefficient (Wildman–Crippen LogP) is 2.37. The number of nitrogens with zero attached hydrogens (tertiary/aromatic N) is 1. The zero-order valence-electron chi connectivity index (χ0n) is 10.2. The van der Waals surface area contributed by atoms with Gasteiger partial charge in [0.2, 0.25) is 0 Å². The van der Waals surface area contributed by atoms with Crippen molar-refractivity contribution in [1.29, 1.82) is 0 Å². The zero-order valence-corrected chi connectivity index (χ0v) is 10.2. The molecule has 2 aromatic rings. The summed E-state index contributed by atoms with van der Waals surface area (Å²) >= 11 is 0. The van der Waals surface area contributed by atoms with Gasteiger partial charge in [-0.3, -0.25) is 4.90 Å². The van der Waals surface area contributed by atoms with Gasteiger partial charge in [-0.15, -0.1) is 0 Å². The molecule has 3 rings (SSSR count). The molecule has 0 aromatic heterocycles. The molecule has 0 saturated heterocycles. The molecular formula is C15H18N2. The third kappa shape index (κ3) is 1.94. The maximum absolute atomic E-state index is 3.22. The van der Waals surface area contributed by atoms with E-state index in [0.29, 0.717) is 0 Å². The molecule has 1 aliphatic heterocycles. The highest BCUT2D eigenvalue weighted by Crippen LogP contribution is 2.29. The van der Waals surface area contributed by atoms with E-state index in [2.05, 4.69) is 46.6 Å². The highest BCUT2D eigenvalue weighted by atomic mass is 15.1. The fraction of sp³-hybridized carbons (Fsp3) is 0.333. The van der Waals surface area contributed by atoms with E-state index in [4.69, 9.17) is 0 Å². The van der Waals surface area contributed by atoms with Gasteiger partial charge in [0.05, 0.1) is 0 Å². The van der Waals surface area contributed by atoms with Gasteiger partial charge in [0.1, 0.15) is 0 Å². The van der Waals surface area contributed by atoms with Crippen LogP contribution in [0.5, 0.6) is 0 Å². The smallest absolute Gasteiger partial charge is 0.0244 e. The Morgan fingerprint density at radius 2 is 1.71 bits per heavy atom. The maximum Gasteiger partial charge on any atom is 0.0244 e. The summed E-state index contributed by atoms with van der Waals surface area (Å²) in [5.74, 6) is 0. The Bertz CT molecular complexity index is 493. The van der Waals surface area contributed by atoms with Crippen molar-refractivity contribution in [2.24, 2.45) is 0 Å². The van der Waals surface area contributed by atoms with Gasteiger partial charge in [0.25, 0.3) is 0 Å². The van der Waals surface area contributed by atoms with Crippen molar-refractivity contribution < 1.29 is 0 Å². The van der Waals surface area contributed by atoms with Crippen molar-refractivity contribution in [3.63, 3.8) is 0 Å². The molecule has 0 atom stereocenters. The number of rotatable bonds is 3. The second kappa shape index (κ2) is 4.47. The summed E-state index contributed by atoms with van der Waals surface area (Å²) in [6.07, 6.45) is 0. The van der Waals surface area contributed by atoms with Gasteiger partial charge >= 0.3 is 0 Å². The molecule has 0 spiro atoms. The summed E-state index contributed by atoms with van der Waals surface area (Å²) in [5.41, 5.74) is 2.95. The Labute approximate surface area is 102 Å². The van der Waals surface area contributed by atoms with Crippen LogP contribution in [0.15, 0.2) is 36.4 Å². The quantitative estimate of drug-likeness (QED) is 0.864. The SMILES string of the molecule is CNCCN1Cc2cccc3cccc(c23)C1. The van der Waals surface area contributed by atoms with Crippen molar-refractivity contribution in [3.05, 3.63) is 47.5 Å². The Balaban J connectivity index is 1.99. The molecule has 0 fully saturated rings. The molecule has 0 bridgehead atoms. The standard InChI is InChI=1S/C15H18N2/c1-16-8-9-17-10-13-6-2-4-12-5-3-7-14(11-17)15(12)13/h2-7,16H,8-11H2,1H3. The molecule has 0 aliphatic carbocycles. The van der Waals surface area contributed by atoms with Crippen molar-refractivity contribution >= 4 is 10.8 Å². The van der Waals surface area contributed by atoms with Crippen molar-refractivity contribution in [2.75, 3.05) is 20.1 Å². The average molecular weight is 226 g/mol. The Hall–Kier alpha value is -1.38. The molecule has 2 nitrogen and oxygen atoms in total. The van der Waals surface area contributed by atoms with E-state index < -0.39 is 0 Å². The summed E-state index contributed by atoms with van der Waals surface area (Å²) < 4.78 is 0. The number of benzene rings is 2. The summed E-state index contributed by atoms with van der Waals surface area (Å²) in [7, 11) is 2.01. The van der Waals surface area contributed by atoms with Crippen LogP contribution in [-0.2, 0) is 13.1 Å². The topological polar surface area (TPSA) is 15.3 Å². The van der Waals surface area contributed by atoms with E-state index in [9.17, 15) is 0 Å². The minimum atomic E-state index is 1.05. The lowest BCUT2D eigenvalue weighted by Gasteiger charge is -2.29. The number of nitrogens with one attached hydrogen (secondary N) is 1. The van der Waals surface area contributed by atoms with E-state index in [1.165, 1.54) is 21.9 Å². The number of hydrogen-bond donors (Lipinski definition) is 1. The summed E-state index contributed by atoms with van der Waals surface area (Å²) in [6, 6.07) is 13.3.